The second kappa shape index (κ2) is 20.3. The van der Waals surface area contributed by atoms with Crippen LogP contribution in [0.3, 0.4) is 0 Å². The fraction of sp³-hybridized carbons (Fsp3) is 0.268. The lowest BCUT2D eigenvalue weighted by Gasteiger charge is -2.26. The Morgan fingerprint density at radius 2 is 1.55 bits per heavy atom. The van der Waals surface area contributed by atoms with E-state index in [1.165, 1.54) is 13.1 Å². The highest BCUT2D eigenvalue weighted by molar-refractivity contribution is 6.38. The highest BCUT2D eigenvalue weighted by Gasteiger charge is 2.32. The number of hydrogen-bond acceptors (Lipinski definition) is 11. The van der Waals surface area contributed by atoms with Crippen molar-refractivity contribution in [2.45, 2.75) is 38.6 Å². The van der Waals surface area contributed by atoms with Gasteiger partial charge in [0.25, 0.3) is 0 Å². The summed E-state index contributed by atoms with van der Waals surface area (Å²) in [5, 5.41) is 44.6. The van der Waals surface area contributed by atoms with Crippen molar-refractivity contribution in [1.29, 1.82) is 5.26 Å². The Labute approximate surface area is 339 Å². The number of carboxylic acid groups (broad SMARTS) is 1. The van der Waals surface area contributed by atoms with E-state index in [0.29, 0.717) is 63.3 Å². The number of carboxylic acids is 1. The third kappa shape index (κ3) is 10.9. The third-order valence-corrected chi connectivity index (χ3v) is 9.89. The van der Waals surface area contributed by atoms with E-state index in [1.54, 1.807) is 18.3 Å². The van der Waals surface area contributed by atoms with Crippen LogP contribution in [0.15, 0.2) is 85.2 Å². The second-order valence-electron chi connectivity index (χ2n) is 12.8. The molecule has 0 bridgehead atoms. The van der Waals surface area contributed by atoms with Crippen molar-refractivity contribution in [2.75, 3.05) is 32.9 Å². The molecule has 0 amide bonds. The predicted octanol–water partition coefficient (Wildman–Crippen LogP) is 7.08. The van der Waals surface area contributed by atoms with Crippen LogP contribution in [0.25, 0.3) is 22.3 Å². The first-order chi connectivity index (χ1) is 27.1. The number of benzene rings is 3. The largest absolute Gasteiger partial charge is 0.492 e. The van der Waals surface area contributed by atoms with Crippen LogP contribution < -0.4 is 24.8 Å². The van der Waals surface area contributed by atoms with Gasteiger partial charge in [-0.05, 0) is 43.2 Å². The third-order valence-electron chi connectivity index (χ3n) is 8.77. The lowest BCUT2D eigenvalue weighted by atomic mass is 9.97. The number of aliphatic carboxylic acids is 1. The van der Waals surface area contributed by atoms with Gasteiger partial charge in [-0.25, -0.2) is 0 Å². The molecular weight excluding hydrogens is 781 g/mol. The number of nitrogens with one attached hydrogen (secondary N) is 2. The average molecular weight is 821 g/mol. The second-order valence-corrected chi connectivity index (χ2v) is 13.9. The highest BCUT2D eigenvalue weighted by Crippen LogP contribution is 2.41. The molecule has 2 heterocycles. The summed E-state index contributed by atoms with van der Waals surface area (Å²) in [6.45, 7) is 2.74. The van der Waals surface area contributed by atoms with Crippen LogP contribution in [0.2, 0.25) is 15.1 Å². The number of aromatic nitrogens is 2. The summed E-state index contributed by atoms with van der Waals surface area (Å²) >= 11 is 20.7. The van der Waals surface area contributed by atoms with Crippen molar-refractivity contribution < 1.29 is 34.3 Å². The van der Waals surface area contributed by atoms with E-state index in [-0.39, 0.29) is 56.2 Å². The molecule has 3 aromatic carbocycles. The molecule has 0 spiro atoms. The Morgan fingerprint density at radius 3 is 2.27 bits per heavy atom. The fourth-order valence-corrected chi connectivity index (χ4v) is 6.44. The molecule has 0 saturated carbocycles. The molecule has 2 aromatic heterocycles. The van der Waals surface area contributed by atoms with E-state index < -0.39 is 11.5 Å². The lowest BCUT2D eigenvalue weighted by molar-refractivity contribution is -0.145. The van der Waals surface area contributed by atoms with Gasteiger partial charge in [0.15, 0.2) is 0 Å². The van der Waals surface area contributed by atoms with Gasteiger partial charge in [0, 0.05) is 72.0 Å². The minimum absolute atomic E-state index is 0.00805. The van der Waals surface area contributed by atoms with Crippen LogP contribution in [0.1, 0.15) is 35.6 Å². The Morgan fingerprint density at radius 1 is 0.839 bits per heavy atom. The van der Waals surface area contributed by atoms with Gasteiger partial charge in [-0.3, -0.25) is 15.1 Å². The van der Waals surface area contributed by atoms with Crippen molar-refractivity contribution in [1.82, 2.24) is 20.6 Å². The number of aliphatic hydroxyl groups excluding tert-OH is 2. The Hall–Kier alpha value is -4.97. The number of pyridine rings is 2. The minimum Gasteiger partial charge on any atom is -0.492 e. The summed E-state index contributed by atoms with van der Waals surface area (Å²) in [4.78, 5) is 20.6. The standard InChI is InChI=1S/C41H40Cl3N5O7/c1-41(12-15-50,40(52)53)48-23-30-19-35(42)39(49-38(30)55-24-27-18-26(20-45)21-47-22-27)56-25-29-4-2-6-33(36(29)43)34-7-3-5-32(37(34)44)28-8-10-31(11-9-28)54-17-14-46-13-16-51/h2-11,18-19,21-22,46,48,50-51H,12-17,23-25H2,1H3,(H,52,53). The molecule has 5 N–H and O–H groups in total. The summed E-state index contributed by atoms with van der Waals surface area (Å²) in [5.74, 6) is -0.279. The number of aliphatic hydroxyl groups is 2. The van der Waals surface area contributed by atoms with Gasteiger partial charge >= 0.3 is 5.97 Å². The number of rotatable bonds is 20. The number of carbonyl (C=O) groups is 1. The van der Waals surface area contributed by atoms with Crippen molar-refractivity contribution in [2.24, 2.45) is 0 Å². The predicted molar refractivity (Wildman–Crippen MR) is 214 cm³/mol. The van der Waals surface area contributed by atoms with Gasteiger partial charge in [-0.2, -0.15) is 10.2 Å². The van der Waals surface area contributed by atoms with Crippen LogP contribution in [-0.2, 0) is 24.6 Å². The molecule has 0 aliphatic rings. The van der Waals surface area contributed by atoms with E-state index in [1.807, 2.05) is 66.7 Å². The zero-order valence-electron chi connectivity index (χ0n) is 30.4. The maximum Gasteiger partial charge on any atom is 0.323 e. The summed E-state index contributed by atoms with van der Waals surface area (Å²) in [5.41, 5.74) is 3.70. The molecule has 5 aromatic rings. The first kappa shape index (κ1) is 42.2. The van der Waals surface area contributed by atoms with E-state index in [4.69, 9.17) is 54.1 Å². The zero-order valence-corrected chi connectivity index (χ0v) is 32.7. The summed E-state index contributed by atoms with van der Waals surface area (Å²) in [6, 6.07) is 24.1. The molecule has 292 valence electrons. The van der Waals surface area contributed by atoms with Crippen molar-refractivity contribution >= 4 is 40.8 Å². The SMILES string of the molecule is CC(CCO)(NCc1cc(Cl)c(OCc2cccc(-c3cccc(-c4ccc(OCCNCCO)cc4)c3Cl)c2Cl)nc1OCc1cncc(C#N)c1)C(=O)O. The molecule has 0 radical (unpaired) electrons. The molecule has 12 nitrogen and oxygen atoms in total. The number of hydrogen-bond donors (Lipinski definition) is 5. The normalized spacial score (nSPS) is 12.1. The van der Waals surface area contributed by atoms with Crippen molar-refractivity contribution in [3.05, 3.63) is 123 Å². The Balaban J connectivity index is 1.36. The number of halogens is 3. The van der Waals surface area contributed by atoms with Crippen LogP contribution >= 0.6 is 34.8 Å². The lowest BCUT2D eigenvalue weighted by Crippen LogP contribution is -2.49. The average Bonchev–Trinajstić information content (AvgIpc) is 3.20. The van der Waals surface area contributed by atoms with Crippen LogP contribution in [0.4, 0.5) is 0 Å². The molecule has 0 saturated heterocycles. The van der Waals surface area contributed by atoms with Crippen LogP contribution in [0.5, 0.6) is 17.5 Å². The molecule has 0 aliphatic carbocycles. The molecule has 0 fully saturated rings. The summed E-state index contributed by atoms with van der Waals surface area (Å²) < 4.78 is 18.0. The first-order valence-electron chi connectivity index (χ1n) is 17.6. The van der Waals surface area contributed by atoms with Crippen LogP contribution in [0, 0.1) is 11.3 Å². The highest BCUT2D eigenvalue weighted by atomic mass is 35.5. The quantitative estimate of drug-likeness (QED) is 0.0505. The Kier molecular flexibility index (Phi) is 15.3. The molecule has 1 atom stereocenters. The molecular formula is C41H40Cl3N5O7. The number of nitrogens with zero attached hydrogens (tertiary/aromatic N) is 3. The molecule has 15 heteroatoms. The van der Waals surface area contributed by atoms with Gasteiger partial charge in [0.2, 0.25) is 11.8 Å². The maximum absolute atomic E-state index is 12.0. The minimum atomic E-state index is -1.44. The summed E-state index contributed by atoms with van der Waals surface area (Å²) in [7, 11) is 0. The zero-order chi connectivity index (χ0) is 40.1. The van der Waals surface area contributed by atoms with Gasteiger partial charge in [0.05, 0.1) is 22.2 Å². The molecule has 0 aliphatic heterocycles. The summed E-state index contributed by atoms with van der Waals surface area (Å²) in [6.07, 6.45) is 2.94. The van der Waals surface area contributed by atoms with E-state index in [0.717, 1.165) is 16.7 Å². The van der Waals surface area contributed by atoms with E-state index in [2.05, 4.69) is 20.6 Å². The maximum atomic E-state index is 12.0. The number of ether oxygens (including phenoxy) is 3. The first-order valence-corrected chi connectivity index (χ1v) is 18.7. The van der Waals surface area contributed by atoms with Gasteiger partial charge in [-0.15, -0.1) is 0 Å². The smallest absolute Gasteiger partial charge is 0.323 e. The van der Waals surface area contributed by atoms with Gasteiger partial charge in [0.1, 0.15) is 42.2 Å². The molecule has 1 unspecified atom stereocenters. The van der Waals surface area contributed by atoms with Gasteiger partial charge in [-0.1, -0.05) is 83.3 Å². The molecule has 56 heavy (non-hydrogen) atoms. The molecule has 5 rings (SSSR count). The monoisotopic (exact) mass is 819 g/mol. The van der Waals surface area contributed by atoms with E-state index >= 15 is 0 Å². The van der Waals surface area contributed by atoms with Gasteiger partial charge < -0.3 is 34.8 Å². The van der Waals surface area contributed by atoms with Crippen molar-refractivity contribution in [3.8, 4) is 45.8 Å². The van der Waals surface area contributed by atoms with E-state index in [9.17, 15) is 20.3 Å². The topological polar surface area (TPSA) is 179 Å². The van der Waals surface area contributed by atoms with Crippen molar-refractivity contribution in [3.63, 3.8) is 0 Å². The van der Waals surface area contributed by atoms with Crippen LogP contribution in [-0.4, -0.2) is 69.7 Å². The fourth-order valence-electron chi connectivity index (χ4n) is 5.60. The Bertz CT molecular complexity index is 2170. The number of nitriles is 1.